The van der Waals surface area contributed by atoms with Crippen LogP contribution in [-0.4, -0.2) is 22.6 Å². The molecule has 0 radical (unpaired) electrons. The van der Waals surface area contributed by atoms with Crippen LogP contribution in [0.25, 0.3) is 0 Å². The van der Waals surface area contributed by atoms with Crippen molar-refractivity contribution in [3.63, 3.8) is 0 Å². The van der Waals surface area contributed by atoms with Crippen molar-refractivity contribution in [2.75, 3.05) is 6.54 Å². The van der Waals surface area contributed by atoms with E-state index >= 15 is 0 Å². The molecule has 1 atom stereocenters. The third-order valence-electron chi connectivity index (χ3n) is 2.48. The molecular weight excluding hydrogens is 180 g/mol. The first-order chi connectivity index (χ1) is 6.79. The van der Waals surface area contributed by atoms with Crippen molar-refractivity contribution in [2.45, 2.75) is 18.9 Å². The van der Waals surface area contributed by atoms with E-state index in [9.17, 15) is 4.79 Å². The average Bonchev–Trinajstić information content (AvgIpc) is 2.70. The van der Waals surface area contributed by atoms with Gasteiger partial charge in [0.1, 0.15) is 0 Å². The van der Waals surface area contributed by atoms with Crippen LogP contribution in [0.5, 0.6) is 0 Å². The Kier molecular flexibility index (Phi) is 2.45. The lowest BCUT2D eigenvalue weighted by molar-refractivity contribution is 0.0688. The van der Waals surface area contributed by atoms with Crippen LogP contribution in [0.15, 0.2) is 18.3 Å². The summed E-state index contributed by atoms with van der Waals surface area (Å²) in [4.78, 5) is 14.8. The third-order valence-corrected chi connectivity index (χ3v) is 2.48. The number of rotatable bonds is 2. The molecule has 74 valence electrons. The number of pyridine rings is 1. The van der Waals surface area contributed by atoms with E-state index in [-0.39, 0.29) is 11.7 Å². The molecule has 0 amide bonds. The number of hydrogen-bond donors (Lipinski definition) is 2. The Morgan fingerprint density at radius 2 is 2.50 bits per heavy atom. The molecule has 14 heavy (non-hydrogen) atoms. The van der Waals surface area contributed by atoms with Crippen molar-refractivity contribution in [2.24, 2.45) is 0 Å². The summed E-state index contributed by atoms with van der Waals surface area (Å²) in [5, 5.41) is 12.2. The van der Waals surface area contributed by atoms with Crippen LogP contribution in [-0.2, 0) is 0 Å². The second kappa shape index (κ2) is 3.75. The normalized spacial score (nSPS) is 21.0. The first-order valence-electron chi connectivity index (χ1n) is 4.70. The summed E-state index contributed by atoms with van der Waals surface area (Å²) in [5.41, 5.74) is 0.976. The predicted molar refractivity (Wildman–Crippen MR) is 51.2 cm³/mol. The number of nitrogens with one attached hydrogen (secondary N) is 1. The van der Waals surface area contributed by atoms with Crippen LogP contribution < -0.4 is 5.32 Å². The number of hydrogen-bond acceptors (Lipinski definition) is 3. The summed E-state index contributed by atoms with van der Waals surface area (Å²) in [5.74, 6) is -0.950. The van der Waals surface area contributed by atoms with E-state index in [1.165, 1.54) is 6.20 Å². The Morgan fingerprint density at radius 3 is 3.14 bits per heavy atom. The summed E-state index contributed by atoms with van der Waals surface area (Å²) in [6, 6.07) is 3.77. The molecule has 1 unspecified atom stereocenters. The molecule has 0 aliphatic carbocycles. The van der Waals surface area contributed by atoms with Gasteiger partial charge < -0.3 is 10.4 Å². The van der Waals surface area contributed by atoms with E-state index in [0.717, 1.165) is 24.9 Å². The number of carbonyl (C=O) groups is 1. The Bertz CT molecular complexity index is 346. The maximum absolute atomic E-state index is 10.9. The molecule has 4 heteroatoms. The average molecular weight is 192 g/mol. The Balaban J connectivity index is 2.35. The minimum absolute atomic E-state index is 0.162. The van der Waals surface area contributed by atoms with Gasteiger partial charge >= 0.3 is 5.97 Å². The maximum atomic E-state index is 10.9. The summed E-state index contributed by atoms with van der Waals surface area (Å²) in [6.07, 6.45) is 3.60. The molecule has 1 fully saturated rings. The topological polar surface area (TPSA) is 62.2 Å². The van der Waals surface area contributed by atoms with Crippen LogP contribution in [0.2, 0.25) is 0 Å². The summed E-state index contributed by atoms with van der Waals surface area (Å²) < 4.78 is 0. The van der Waals surface area contributed by atoms with Crippen LogP contribution >= 0.6 is 0 Å². The molecule has 0 bridgehead atoms. The van der Waals surface area contributed by atoms with E-state index < -0.39 is 5.97 Å². The lowest BCUT2D eigenvalue weighted by Crippen LogP contribution is -2.17. The van der Waals surface area contributed by atoms with Gasteiger partial charge in [-0.2, -0.15) is 0 Å². The number of nitrogens with zero attached hydrogens (tertiary/aromatic N) is 1. The molecule has 1 aliphatic heterocycles. The van der Waals surface area contributed by atoms with Gasteiger partial charge in [0, 0.05) is 17.8 Å². The van der Waals surface area contributed by atoms with E-state index in [2.05, 4.69) is 10.3 Å². The Labute approximate surface area is 82.0 Å². The number of aromatic nitrogens is 1. The Hall–Kier alpha value is -1.42. The quantitative estimate of drug-likeness (QED) is 0.739. The SMILES string of the molecule is O=C(O)c1ncccc1C1CCCN1. The van der Waals surface area contributed by atoms with Gasteiger partial charge in [0.2, 0.25) is 0 Å². The first-order valence-corrected chi connectivity index (χ1v) is 4.70. The summed E-state index contributed by atoms with van der Waals surface area (Å²) in [6.45, 7) is 0.957. The largest absolute Gasteiger partial charge is 0.477 e. The number of carboxylic acid groups (broad SMARTS) is 1. The van der Waals surface area contributed by atoms with Crippen LogP contribution in [0.1, 0.15) is 34.9 Å². The zero-order valence-corrected chi connectivity index (χ0v) is 7.73. The van der Waals surface area contributed by atoms with E-state index in [0.29, 0.717) is 0 Å². The third kappa shape index (κ3) is 1.61. The van der Waals surface area contributed by atoms with Gasteiger partial charge in [0.25, 0.3) is 0 Å². The van der Waals surface area contributed by atoms with Gasteiger partial charge in [0.15, 0.2) is 5.69 Å². The molecule has 0 aromatic carbocycles. The van der Waals surface area contributed by atoms with E-state index in [4.69, 9.17) is 5.11 Å². The van der Waals surface area contributed by atoms with Crippen LogP contribution in [0.3, 0.4) is 0 Å². The first kappa shape index (κ1) is 9.15. The fraction of sp³-hybridized carbons (Fsp3) is 0.400. The highest BCUT2D eigenvalue weighted by atomic mass is 16.4. The molecule has 1 saturated heterocycles. The second-order valence-electron chi connectivity index (χ2n) is 3.40. The van der Waals surface area contributed by atoms with Crippen LogP contribution in [0.4, 0.5) is 0 Å². The maximum Gasteiger partial charge on any atom is 0.354 e. The fourth-order valence-corrected chi connectivity index (χ4v) is 1.83. The highest BCUT2D eigenvalue weighted by Gasteiger charge is 2.22. The molecule has 0 spiro atoms. The molecule has 4 nitrogen and oxygen atoms in total. The van der Waals surface area contributed by atoms with Crippen molar-refractivity contribution in [3.05, 3.63) is 29.6 Å². The van der Waals surface area contributed by atoms with Crippen molar-refractivity contribution in [1.82, 2.24) is 10.3 Å². The van der Waals surface area contributed by atoms with Crippen molar-refractivity contribution < 1.29 is 9.90 Å². The molecule has 0 saturated carbocycles. The summed E-state index contributed by atoms with van der Waals surface area (Å²) >= 11 is 0. The highest BCUT2D eigenvalue weighted by Crippen LogP contribution is 2.24. The highest BCUT2D eigenvalue weighted by molar-refractivity contribution is 5.87. The van der Waals surface area contributed by atoms with E-state index in [1.54, 1.807) is 6.07 Å². The van der Waals surface area contributed by atoms with Gasteiger partial charge in [-0.15, -0.1) is 0 Å². The molecule has 1 aliphatic rings. The van der Waals surface area contributed by atoms with Crippen molar-refractivity contribution in [3.8, 4) is 0 Å². The number of aromatic carboxylic acids is 1. The van der Waals surface area contributed by atoms with Gasteiger partial charge in [-0.1, -0.05) is 6.07 Å². The smallest absolute Gasteiger partial charge is 0.354 e. The van der Waals surface area contributed by atoms with Crippen LogP contribution in [0, 0.1) is 0 Å². The minimum atomic E-state index is -0.950. The fourth-order valence-electron chi connectivity index (χ4n) is 1.83. The molecular formula is C10H12N2O2. The monoisotopic (exact) mass is 192 g/mol. The second-order valence-corrected chi connectivity index (χ2v) is 3.40. The molecule has 1 aromatic rings. The molecule has 2 N–H and O–H groups in total. The summed E-state index contributed by atoms with van der Waals surface area (Å²) in [7, 11) is 0. The standard InChI is InChI=1S/C10H12N2O2/c13-10(14)9-7(3-1-6-12-9)8-4-2-5-11-8/h1,3,6,8,11H,2,4-5H2,(H,13,14). The molecule has 1 aromatic heterocycles. The molecule has 2 heterocycles. The zero-order valence-electron chi connectivity index (χ0n) is 7.73. The number of carboxylic acids is 1. The molecule has 2 rings (SSSR count). The zero-order chi connectivity index (χ0) is 9.97. The van der Waals surface area contributed by atoms with Crippen molar-refractivity contribution >= 4 is 5.97 Å². The predicted octanol–water partition coefficient (Wildman–Crippen LogP) is 1.20. The lowest BCUT2D eigenvalue weighted by atomic mass is 10.0. The van der Waals surface area contributed by atoms with Gasteiger partial charge in [-0.05, 0) is 25.5 Å². The van der Waals surface area contributed by atoms with Crippen molar-refractivity contribution in [1.29, 1.82) is 0 Å². The lowest BCUT2D eigenvalue weighted by Gasteiger charge is -2.11. The minimum Gasteiger partial charge on any atom is -0.477 e. The Morgan fingerprint density at radius 1 is 1.64 bits per heavy atom. The van der Waals surface area contributed by atoms with E-state index in [1.807, 2.05) is 6.07 Å². The van der Waals surface area contributed by atoms with Gasteiger partial charge in [0.05, 0.1) is 0 Å². The van der Waals surface area contributed by atoms with Gasteiger partial charge in [-0.25, -0.2) is 9.78 Å². The van der Waals surface area contributed by atoms with Gasteiger partial charge in [-0.3, -0.25) is 0 Å².